The Morgan fingerprint density at radius 1 is 1.07 bits per heavy atom. The van der Waals surface area contributed by atoms with E-state index in [4.69, 9.17) is 0 Å². The fourth-order valence-corrected chi connectivity index (χ4v) is 4.56. The van der Waals surface area contributed by atoms with Crippen molar-refractivity contribution in [1.29, 1.82) is 0 Å². The maximum absolute atomic E-state index is 12.7. The van der Waals surface area contributed by atoms with Crippen molar-refractivity contribution >= 4 is 11.8 Å². The smallest absolute Gasteiger partial charge is 0.289 e. The lowest BCUT2D eigenvalue weighted by Gasteiger charge is -2.45. The van der Waals surface area contributed by atoms with Gasteiger partial charge in [0.2, 0.25) is 11.7 Å². The molecule has 3 heterocycles. The first-order chi connectivity index (χ1) is 13.1. The molecule has 5 rings (SSSR count). The monoisotopic (exact) mass is 374 g/mol. The third-order valence-electron chi connectivity index (χ3n) is 6.60. The molecule has 1 saturated heterocycles. The number of amides is 2. The minimum Gasteiger partial charge on any atom is -0.393 e. The molecule has 2 N–H and O–H groups in total. The highest BCUT2D eigenvalue weighted by Gasteiger charge is 2.41. The number of aliphatic hydroxyl groups is 1. The van der Waals surface area contributed by atoms with Gasteiger partial charge in [0.25, 0.3) is 5.91 Å². The van der Waals surface area contributed by atoms with Crippen LogP contribution in [0, 0.1) is 5.92 Å². The van der Waals surface area contributed by atoms with Crippen LogP contribution < -0.4 is 5.32 Å². The molecule has 1 atom stereocenters. The lowest BCUT2D eigenvalue weighted by atomic mass is 9.81. The topological polar surface area (TPSA) is 104 Å². The zero-order chi connectivity index (χ0) is 18.5. The number of aliphatic hydroxyl groups excluding tert-OH is 1. The largest absolute Gasteiger partial charge is 0.393 e. The van der Waals surface area contributed by atoms with Crippen LogP contribution in [0.5, 0.6) is 0 Å². The molecule has 146 valence electrons. The van der Waals surface area contributed by atoms with E-state index in [1.807, 2.05) is 9.47 Å². The van der Waals surface area contributed by atoms with Gasteiger partial charge in [0.05, 0.1) is 12.1 Å². The van der Waals surface area contributed by atoms with Crippen LogP contribution in [0.3, 0.4) is 0 Å². The Kier molecular flexibility index (Phi) is 4.16. The molecule has 0 radical (unpaired) electrons. The fraction of sp³-hybridized carbons (Fsp3) is 0.778. The predicted molar refractivity (Wildman–Crippen MR) is 94.8 cm³/mol. The molecule has 0 spiro atoms. The maximum Gasteiger partial charge on any atom is 0.289 e. The van der Waals surface area contributed by atoms with Crippen molar-refractivity contribution in [2.75, 3.05) is 26.2 Å². The molecule has 2 saturated carbocycles. The molecule has 2 aliphatic heterocycles. The average molecular weight is 374 g/mol. The molecular weight excluding hydrogens is 348 g/mol. The Bertz CT molecular complexity index is 754. The SMILES string of the molecule is O=C(NC1CCC1)c1nnc2n1CCN1CCN(C(=O)C3CC(O)C3)CC21. The summed E-state index contributed by atoms with van der Waals surface area (Å²) in [6.07, 6.45) is 4.07. The molecule has 9 heteroatoms. The molecule has 1 aromatic rings. The second kappa shape index (κ2) is 6.56. The van der Waals surface area contributed by atoms with Crippen LogP contribution in [0.2, 0.25) is 0 Å². The molecule has 2 amide bonds. The van der Waals surface area contributed by atoms with Crippen molar-refractivity contribution in [3.63, 3.8) is 0 Å². The summed E-state index contributed by atoms with van der Waals surface area (Å²) in [5.74, 6) is 1.13. The van der Waals surface area contributed by atoms with Crippen molar-refractivity contribution in [2.24, 2.45) is 5.92 Å². The fourth-order valence-electron chi connectivity index (χ4n) is 4.56. The van der Waals surface area contributed by atoms with Gasteiger partial charge in [0.1, 0.15) is 0 Å². The highest BCUT2D eigenvalue weighted by atomic mass is 16.3. The third kappa shape index (κ3) is 2.93. The number of carbonyl (C=O) groups is 2. The summed E-state index contributed by atoms with van der Waals surface area (Å²) in [7, 11) is 0. The van der Waals surface area contributed by atoms with Crippen LogP contribution in [0.15, 0.2) is 0 Å². The van der Waals surface area contributed by atoms with Gasteiger partial charge < -0.3 is 19.9 Å². The van der Waals surface area contributed by atoms with Crippen molar-refractivity contribution in [2.45, 2.75) is 56.8 Å². The van der Waals surface area contributed by atoms with Crippen molar-refractivity contribution < 1.29 is 14.7 Å². The Labute approximate surface area is 157 Å². The van der Waals surface area contributed by atoms with Crippen LogP contribution in [-0.2, 0) is 11.3 Å². The Hall–Kier alpha value is -2.00. The average Bonchev–Trinajstić information content (AvgIpc) is 3.05. The first-order valence-electron chi connectivity index (χ1n) is 10.0. The minimum absolute atomic E-state index is 0.0146. The second-order valence-corrected chi connectivity index (χ2v) is 8.29. The zero-order valence-electron chi connectivity index (χ0n) is 15.4. The van der Waals surface area contributed by atoms with E-state index in [2.05, 4.69) is 20.4 Å². The number of rotatable bonds is 3. The van der Waals surface area contributed by atoms with Crippen LogP contribution in [0.4, 0.5) is 0 Å². The molecular formula is C18H26N6O3. The molecule has 0 aromatic carbocycles. The van der Waals surface area contributed by atoms with E-state index in [-0.39, 0.29) is 35.9 Å². The van der Waals surface area contributed by atoms with E-state index < -0.39 is 0 Å². The summed E-state index contributed by atoms with van der Waals surface area (Å²) in [6.45, 7) is 3.64. The molecule has 9 nitrogen and oxygen atoms in total. The van der Waals surface area contributed by atoms with Gasteiger partial charge in [-0.25, -0.2) is 0 Å². The quantitative estimate of drug-likeness (QED) is 0.741. The summed E-state index contributed by atoms with van der Waals surface area (Å²) in [4.78, 5) is 29.4. The molecule has 1 aromatic heterocycles. The maximum atomic E-state index is 12.7. The number of nitrogens with zero attached hydrogens (tertiary/aromatic N) is 5. The molecule has 0 bridgehead atoms. The lowest BCUT2D eigenvalue weighted by molar-refractivity contribution is -0.146. The number of hydrogen-bond acceptors (Lipinski definition) is 6. The van der Waals surface area contributed by atoms with Crippen LogP contribution >= 0.6 is 0 Å². The van der Waals surface area contributed by atoms with Gasteiger partial charge in [-0.05, 0) is 32.1 Å². The number of aromatic nitrogens is 3. The number of fused-ring (bicyclic) bond motifs is 3. The van der Waals surface area contributed by atoms with E-state index in [1.54, 1.807) is 0 Å². The summed E-state index contributed by atoms with van der Waals surface area (Å²) in [5, 5.41) is 21.0. The summed E-state index contributed by atoms with van der Waals surface area (Å²) in [5.41, 5.74) is 0. The molecule has 2 aliphatic carbocycles. The summed E-state index contributed by atoms with van der Waals surface area (Å²) < 4.78 is 1.93. The van der Waals surface area contributed by atoms with Gasteiger partial charge in [-0.15, -0.1) is 10.2 Å². The highest BCUT2D eigenvalue weighted by Crippen LogP contribution is 2.33. The van der Waals surface area contributed by atoms with Gasteiger partial charge in [-0.2, -0.15) is 0 Å². The molecule has 1 unspecified atom stereocenters. The first-order valence-corrected chi connectivity index (χ1v) is 10.0. The predicted octanol–water partition coefficient (Wildman–Crippen LogP) is -0.470. The van der Waals surface area contributed by atoms with Gasteiger partial charge in [-0.3, -0.25) is 14.5 Å². The van der Waals surface area contributed by atoms with Gasteiger partial charge in [-0.1, -0.05) is 0 Å². The van der Waals surface area contributed by atoms with E-state index >= 15 is 0 Å². The molecule has 27 heavy (non-hydrogen) atoms. The second-order valence-electron chi connectivity index (χ2n) is 8.29. The number of carbonyl (C=O) groups excluding carboxylic acids is 2. The van der Waals surface area contributed by atoms with Crippen LogP contribution in [0.1, 0.15) is 54.6 Å². The normalized spacial score (nSPS) is 30.7. The summed E-state index contributed by atoms with van der Waals surface area (Å²) in [6, 6.07) is 0.255. The van der Waals surface area contributed by atoms with Crippen molar-refractivity contribution in [3.8, 4) is 0 Å². The molecule has 4 aliphatic rings. The van der Waals surface area contributed by atoms with E-state index in [0.29, 0.717) is 38.3 Å². The third-order valence-corrected chi connectivity index (χ3v) is 6.60. The lowest BCUT2D eigenvalue weighted by Crippen LogP contribution is -2.56. The van der Waals surface area contributed by atoms with Crippen molar-refractivity contribution in [3.05, 3.63) is 11.6 Å². The standard InChI is InChI=1S/C18H26N6O3/c25-13-8-11(9-13)18(27)23-5-4-22-6-7-24-15(14(22)10-23)20-21-16(24)17(26)19-12-2-1-3-12/h11-14,25H,1-10H2,(H,19,26). The minimum atomic E-state index is -0.324. The number of nitrogens with one attached hydrogen (secondary N) is 1. The van der Waals surface area contributed by atoms with Crippen LogP contribution in [-0.4, -0.2) is 79.8 Å². The van der Waals surface area contributed by atoms with E-state index in [1.165, 1.54) is 6.42 Å². The van der Waals surface area contributed by atoms with Crippen LogP contribution in [0.25, 0.3) is 0 Å². The van der Waals surface area contributed by atoms with E-state index in [0.717, 1.165) is 31.8 Å². The Balaban J connectivity index is 1.31. The van der Waals surface area contributed by atoms with Gasteiger partial charge in [0.15, 0.2) is 5.82 Å². The Morgan fingerprint density at radius 3 is 2.56 bits per heavy atom. The number of piperazine rings is 1. The molecule has 3 fully saturated rings. The van der Waals surface area contributed by atoms with E-state index in [9.17, 15) is 14.7 Å². The highest BCUT2D eigenvalue weighted by molar-refractivity contribution is 5.91. The zero-order valence-corrected chi connectivity index (χ0v) is 15.4. The first kappa shape index (κ1) is 17.1. The number of hydrogen-bond donors (Lipinski definition) is 2. The van der Waals surface area contributed by atoms with Gasteiger partial charge in [0, 0.05) is 44.7 Å². The Morgan fingerprint density at radius 2 is 1.85 bits per heavy atom. The summed E-state index contributed by atoms with van der Waals surface area (Å²) >= 11 is 0. The van der Waals surface area contributed by atoms with Gasteiger partial charge >= 0.3 is 0 Å². The van der Waals surface area contributed by atoms with Crippen molar-refractivity contribution in [1.82, 2.24) is 29.9 Å².